The van der Waals surface area contributed by atoms with Crippen molar-refractivity contribution in [1.82, 2.24) is 0 Å². The van der Waals surface area contributed by atoms with Crippen LogP contribution in [0.25, 0.3) is 0 Å². The van der Waals surface area contributed by atoms with E-state index in [2.05, 4.69) is 40.6 Å². The third kappa shape index (κ3) is 2.84. The zero-order chi connectivity index (χ0) is 13.8. The van der Waals surface area contributed by atoms with Crippen molar-refractivity contribution in [2.75, 3.05) is 23.7 Å². The molecule has 98 valence electrons. The molecule has 0 saturated carbocycles. The van der Waals surface area contributed by atoms with E-state index in [-0.39, 0.29) is 0 Å². The van der Waals surface area contributed by atoms with Crippen LogP contribution in [-0.4, -0.2) is 13.1 Å². The minimum atomic E-state index is 0.786. The van der Waals surface area contributed by atoms with Crippen LogP contribution in [0.3, 0.4) is 0 Å². The third-order valence-corrected chi connectivity index (χ3v) is 3.31. The molecule has 2 aliphatic rings. The standard InChI is InChI=1S/C18H16N2/c19-17-9-11-18(12-10-17)20(13-15-5-1-2-6-15)14-16-7-3-4-8-16/h1-5,7,9-12H,13-14,19H2. The summed E-state index contributed by atoms with van der Waals surface area (Å²) >= 11 is 0. The van der Waals surface area contributed by atoms with E-state index in [4.69, 9.17) is 5.73 Å². The lowest BCUT2D eigenvalue weighted by Crippen LogP contribution is -2.26. The van der Waals surface area contributed by atoms with Gasteiger partial charge in [-0.15, -0.1) is 11.5 Å². The number of allylic oxidation sites excluding steroid dienone is 2. The number of rotatable bonds is 5. The maximum Gasteiger partial charge on any atom is 0.0506 e. The van der Waals surface area contributed by atoms with Crippen LogP contribution in [0.5, 0.6) is 0 Å². The van der Waals surface area contributed by atoms with Crippen LogP contribution in [-0.2, 0) is 0 Å². The van der Waals surface area contributed by atoms with Crippen molar-refractivity contribution in [3.8, 4) is 0 Å². The highest BCUT2D eigenvalue weighted by Crippen LogP contribution is 2.20. The van der Waals surface area contributed by atoms with Gasteiger partial charge in [0.05, 0.1) is 13.1 Å². The fraction of sp³-hybridized carbons (Fsp3) is 0.111. The summed E-state index contributed by atoms with van der Waals surface area (Å²) in [6.07, 6.45) is 12.1. The molecule has 2 aliphatic carbocycles. The highest BCUT2D eigenvalue weighted by atomic mass is 15.1. The van der Waals surface area contributed by atoms with Gasteiger partial charge in [0.25, 0.3) is 0 Å². The van der Waals surface area contributed by atoms with Crippen LogP contribution < -0.4 is 10.6 Å². The molecule has 0 amide bonds. The van der Waals surface area contributed by atoms with Crippen LogP contribution in [0.1, 0.15) is 0 Å². The molecule has 0 bridgehead atoms. The summed E-state index contributed by atoms with van der Waals surface area (Å²) in [6, 6.07) is 7.99. The normalized spacial score (nSPS) is 14.8. The zero-order valence-electron chi connectivity index (χ0n) is 11.2. The fourth-order valence-corrected chi connectivity index (χ4v) is 2.27. The molecular formula is C18H16N2. The Hall–Kier alpha value is -2.66. The molecule has 0 heterocycles. The van der Waals surface area contributed by atoms with Crippen LogP contribution >= 0.6 is 0 Å². The van der Waals surface area contributed by atoms with Crippen LogP contribution in [0.2, 0.25) is 0 Å². The smallest absolute Gasteiger partial charge is 0.0506 e. The largest absolute Gasteiger partial charge is 0.399 e. The number of nitrogens with zero attached hydrogens (tertiary/aromatic N) is 1. The minimum Gasteiger partial charge on any atom is -0.399 e. The molecule has 3 rings (SSSR count). The van der Waals surface area contributed by atoms with Gasteiger partial charge in [0.15, 0.2) is 0 Å². The van der Waals surface area contributed by atoms with Crippen molar-refractivity contribution in [2.24, 2.45) is 0 Å². The van der Waals surface area contributed by atoms with E-state index < -0.39 is 0 Å². The molecule has 20 heavy (non-hydrogen) atoms. The summed E-state index contributed by atoms with van der Waals surface area (Å²) in [5, 5.41) is 0. The number of nitrogens with two attached hydrogens (primary N) is 1. The molecule has 0 aliphatic heterocycles. The molecular weight excluding hydrogens is 244 g/mol. The molecule has 0 unspecified atom stereocenters. The maximum absolute atomic E-state index is 5.77. The Bertz CT molecular complexity index is 649. The van der Waals surface area contributed by atoms with Crippen molar-refractivity contribution in [1.29, 1.82) is 0 Å². The summed E-state index contributed by atoms with van der Waals surface area (Å²) in [5.41, 5.74) is 16.6. The number of anilines is 2. The van der Waals surface area contributed by atoms with Gasteiger partial charge >= 0.3 is 0 Å². The van der Waals surface area contributed by atoms with Gasteiger partial charge in [-0.3, -0.25) is 0 Å². The number of hydrogen-bond donors (Lipinski definition) is 1. The number of hydrogen-bond acceptors (Lipinski definition) is 2. The lowest BCUT2D eigenvalue weighted by atomic mass is 10.2. The first-order chi connectivity index (χ1) is 9.81. The van der Waals surface area contributed by atoms with Gasteiger partial charge in [-0.2, -0.15) is 0 Å². The molecule has 2 nitrogen and oxygen atoms in total. The summed E-state index contributed by atoms with van der Waals surface area (Å²) in [6.45, 7) is 1.66. The van der Waals surface area contributed by atoms with Gasteiger partial charge < -0.3 is 10.6 Å². The SMILES string of the molecule is Nc1ccc(N(CC2=C=CC=C2)CC2=C=CC=C2)cc1. The molecule has 2 N–H and O–H groups in total. The van der Waals surface area contributed by atoms with Gasteiger partial charge in [0, 0.05) is 22.5 Å². The predicted octanol–water partition coefficient (Wildman–Crippen LogP) is 3.38. The van der Waals surface area contributed by atoms with Gasteiger partial charge in [0.2, 0.25) is 0 Å². The Morgan fingerprint density at radius 2 is 1.40 bits per heavy atom. The van der Waals surface area contributed by atoms with E-state index in [1.54, 1.807) is 0 Å². The Morgan fingerprint density at radius 1 is 0.850 bits per heavy atom. The van der Waals surface area contributed by atoms with Crippen molar-refractivity contribution in [3.05, 3.63) is 83.3 Å². The second-order valence-electron chi connectivity index (χ2n) is 4.84. The Kier molecular flexibility index (Phi) is 3.43. The average molecular weight is 260 g/mol. The Morgan fingerprint density at radius 3 is 1.85 bits per heavy atom. The monoisotopic (exact) mass is 260 g/mol. The van der Waals surface area contributed by atoms with Crippen LogP contribution in [0.15, 0.2) is 83.3 Å². The first-order valence-electron chi connectivity index (χ1n) is 6.66. The Balaban J connectivity index is 1.84. The van der Waals surface area contributed by atoms with Crippen molar-refractivity contribution < 1.29 is 0 Å². The second-order valence-corrected chi connectivity index (χ2v) is 4.84. The predicted molar refractivity (Wildman–Crippen MR) is 84.5 cm³/mol. The highest BCUT2D eigenvalue weighted by molar-refractivity contribution is 5.56. The first kappa shape index (κ1) is 12.4. The zero-order valence-corrected chi connectivity index (χ0v) is 11.2. The molecule has 1 aromatic carbocycles. The fourth-order valence-electron chi connectivity index (χ4n) is 2.27. The molecule has 0 aromatic heterocycles. The van der Waals surface area contributed by atoms with Gasteiger partial charge in [0.1, 0.15) is 0 Å². The number of nitrogen functional groups attached to an aromatic ring is 1. The van der Waals surface area contributed by atoms with Crippen molar-refractivity contribution in [3.63, 3.8) is 0 Å². The van der Waals surface area contributed by atoms with Crippen molar-refractivity contribution >= 4 is 11.4 Å². The first-order valence-corrected chi connectivity index (χ1v) is 6.66. The van der Waals surface area contributed by atoms with E-state index in [0.717, 1.165) is 24.5 Å². The minimum absolute atomic E-state index is 0.786. The summed E-state index contributed by atoms with van der Waals surface area (Å²) in [7, 11) is 0. The molecule has 2 heteroatoms. The molecule has 0 saturated heterocycles. The lowest BCUT2D eigenvalue weighted by Gasteiger charge is -2.24. The molecule has 0 radical (unpaired) electrons. The summed E-state index contributed by atoms with van der Waals surface area (Å²) in [4.78, 5) is 2.30. The van der Waals surface area contributed by atoms with E-state index in [1.807, 2.05) is 36.4 Å². The van der Waals surface area contributed by atoms with Crippen LogP contribution in [0.4, 0.5) is 11.4 Å². The van der Waals surface area contributed by atoms with E-state index in [0.29, 0.717) is 0 Å². The summed E-state index contributed by atoms with van der Waals surface area (Å²) < 4.78 is 0. The Labute approximate surface area is 119 Å². The molecule has 0 spiro atoms. The quantitative estimate of drug-likeness (QED) is 0.649. The van der Waals surface area contributed by atoms with Gasteiger partial charge in [-0.1, -0.05) is 12.2 Å². The molecule has 0 atom stereocenters. The van der Waals surface area contributed by atoms with Crippen LogP contribution in [0, 0.1) is 0 Å². The highest BCUT2D eigenvalue weighted by Gasteiger charge is 2.10. The van der Waals surface area contributed by atoms with Gasteiger partial charge in [-0.25, -0.2) is 0 Å². The van der Waals surface area contributed by atoms with E-state index in [9.17, 15) is 0 Å². The van der Waals surface area contributed by atoms with Gasteiger partial charge in [-0.05, 0) is 48.6 Å². The summed E-state index contributed by atoms with van der Waals surface area (Å²) in [5.74, 6) is 0. The lowest BCUT2D eigenvalue weighted by molar-refractivity contribution is 0.919. The average Bonchev–Trinajstić information content (AvgIpc) is 3.12. The van der Waals surface area contributed by atoms with Crippen molar-refractivity contribution in [2.45, 2.75) is 0 Å². The van der Waals surface area contributed by atoms with E-state index >= 15 is 0 Å². The molecule has 1 aromatic rings. The third-order valence-electron chi connectivity index (χ3n) is 3.31. The second kappa shape index (κ2) is 5.54. The number of benzene rings is 1. The maximum atomic E-state index is 5.77. The van der Waals surface area contributed by atoms with E-state index in [1.165, 1.54) is 11.1 Å². The molecule has 0 fully saturated rings. The topological polar surface area (TPSA) is 29.3 Å².